The topological polar surface area (TPSA) is 113 Å². The molecule has 9 nitrogen and oxygen atoms in total. The standard InChI is InChI=1S/C22H25N5O4/c1-16-2-4-17(5-3-16)22(14-27-11-10-24-15-27)30-13-20(31-22)12-29-19-8-6-18(7-9-19)25-21(28)26-23/h2-11,15,20H,12-14,23H2,1H3,(H2,25,26,28). The Morgan fingerprint density at radius 2 is 2.03 bits per heavy atom. The van der Waals surface area contributed by atoms with E-state index in [4.69, 9.17) is 20.1 Å². The molecule has 2 amide bonds. The molecule has 2 heterocycles. The summed E-state index contributed by atoms with van der Waals surface area (Å²) in [6, 6.07) is 14.6. The van der Waals surface area contributed by atoms with Crippen LogP contribution in [0.5, 0.6) is 5.75 Å². The zero-order chi connectivity index (χ0) is 21.7. The molecule has 0 saturated carbocycles. The number of nitrogens with zero attached hydrogens (tertiary/aromatic N) is 2. The van der Waals surface area contributed by atoms with E-state index in [1.54, 1.807) is 36.8 Å². The van der Waals surface area contributed by atoms with Crippen molar-refractivity contribution in [3.8, 4) is 5.75 Å². The predicted molar refractivity (Wildman–Crippen MR) is 114 cm³/mol. The first-order valence-electron chi connectivity index (χ1n) is 9.91. The summed E-state index contributed by atoms with van der Waals surface area (Å²) in [6.45, 7) is 3.26. The number of ether oxygens (including phenoxy) is 3. The molecule has 0 spiro atoms. The average molecular weight is 423 g/mol. The number of hydrogen-bond donors (Lipinski definition) is 3. The number of aromatic nitrogens is 2. The highest BCUT2D eigenvalue weighted by Crippen LogP contribution is 2.36. The molecule has 0 aliphatic carbocycles. The lowest BCUT2D eigenvalue weighted by atomic mass is 10.0. The van der Waals surface area contributed by atoms with Crippen molar-refractivity contribution in [1.82, 2.24) is 15.0 Å². The Kier molecular flexibility index (Phi) is 6.17. The summed E-state index contributed by atoms with van der Waals surface area (Å²) in [5, 5.41) is 2.59. The molecule has 9 heteroatoms. The van der Waals surface area contributed by atoms with Crippen LogP contribution in [0.3, 0.4) is 0 Å². The van der Waals surface area contributed by atoms with Crippen LogP contribution in [0, 0.1) is 6.92 Å². The first-order chi connectivity index (χ1) is 15.1. The third-order valence-electron chi connectivity index (χ3n) is 4.98. The van der Waals surface area contributed by atoms with Crippen molar-refractivity contribution < 1.29 is 19.0 Å². The molecule has 3 aromatic rings. The minimum Gasteiger partial charge on any atom is -0.491 e. The molecule has 0 bridgehead atoms. The molecule has 2 atom stereocenters. The first kappa shape index (κ1) is 20.9. The zero-order valence-electron chi connectivity index (χ0n) is 17.2. The van der Waals surface area contributed by atoms with Gasteiger partial charge in [-0.1, -0.05) is 29.8 Å². The Labute approximate surface area is 180 Å². The summed E-state index contributed by atoms with van der Waals surface area (Å²) >= 11 is 0. The molecule has 4 rings (SSSR count). The van der Waals surface area contributed by atoms with Gasteiger partial charge in [0.15, 0.2) is 0 Å². The maximum Gasteiger partial charge on any atom is 0.333 e. The van der Waals surface area contributed by atoms with Gasteiger partial charge in [-0.05, 0) is 31.2 Å². The number of hydrogen-bond acceptors (Lipinski definition) is 6. The summed E-state index contributed by atoms with van der Waals surface area (Å²) < 4.78 is 20.4. The minimum absolute atomic E-state index is 0.245. The number of carbonyl (C=O) groups is 1. The average Bonchev–Trinajstić information content (AvgIpc) is 3.44. The Balaban J connectivity index is 1.41. The monoisotopic (exact) mass is 423 g/mol. The highest BCUT2D eigenvalue weighted by atomic mass is 16.8. The number of aryl methyl sites for hydroxylation is 1. The summed E-state index contributed by atoms with van der Waals surface area (Å²) in [5.41, 5.74) is 4.73. The van der Waals surface area contributed by atoms with Gasteiger partial charge < -0.3 is 24.1 Å². The number of amides is 2. The predicted octanol–water partition coefficient (Wildman–Crippen LogP) is 2.53. The van der Waals surface area contributed by atoms with Gasteiger partial charge >= 0.3 is 6.03 Å². The van der Waals surface area contributed by atoms with E-state index in [0.29, 0.717) is 31.2 Å². The number of benzene rings is 2. The van der Waals surface area contributed by atoms with Gasteiger partial charge in [-0.25, -0.2) is 15.6 Å². The van der Waals surface area contributed by atoms with Gasteiger partial charge in [0.2, 0.25) is 5.79 Å². The van der Waals surface area contributed by atoms with Crippen LogP contribution in [0.2, 0.25) is 0 Å². The fraction of sp³-hybridized carbons (Fsp3) is 0.273. The number of urea groups is 1. The number of rotatable bonds is 7. The molecule has 1 fully saturated rings. The molecule has 1 aliphatic heterocycles. The van der Waals surface area contributed by atoms with Gasteiger partial charge in [0, 0.05) is 23.6 Å². The van der Waals surface area contributed by atoms with Crippen LogP contribution in [0.15, 0.2) is 67.3 Å². The third kappa shape index (κ3) is 5.02. The SMILES string of the molecule is Cc1ccc(C2(Cn3ccnc3)OCC(COc3ccc(NC(=O)NN)cc3)O2)cc1. The van der Waals surface area contributed by atoms with E-state index in [2.05, 4.69) is 10.3 Å². The highest BCUT2D eigenvalue weighted by molar-refractivity contribution is 5.88. The normalized spacial score (nSPS) is 20.4. The summed E-state index contributed by atoms with van der Waals surface area (Å²) in [5.74, 6) is 4.81. The Morgan fingerprint density at radius 1 is 1.26 bits per heavy atom. The molecule has 162 valence electrons. The van der Waals surface area contributed by atoms with Crippen LogP contribution in [-0.4, -0.2) is 34.9 Å². The van der Waals surface area contributed by atoms with E-state index in [0.717, 1.165) is 5.56 Å². The van der Waals surface area contributed by atoms with Gasteiger partial charge in [0.1, 0.15) is 18.5 Å². The van der Waals surface area contributed by atoms with Crippen LogP contribution in [0.4, 0.5) is 10.5 Å². The van der Waals surface area contributed by atoms with Crippen molar-refractivity contribution in [3.63, 3.8) is 0 Å². The summed E-state index contributed by atoms with van der Waals surface area (Å²) in [7, 11) is 0. The van der Waals surface area contributed by atoms with Crippen LogP contribution in [0.1, 0.15) is 11.1 Å². The van der Waals surface area contributed by atoms with Crippen molar-refractivity contribution in [2.45, 2.75) is 25.4 Å². The number of anilines is 1. The molecule has 1 saturated heterocycles. The zero-order valence-corrected chi connectivity index (χ0v) is 17.2. The maximum absolute atomic E-state index is 11.3. The van der Waals surface area contributed by atoms with Crippen molar-refractivity contribution >= 4 is 11.7 Å². The number of hydrazine groups is 1. The number of carbonyl (C=O) groups excluding carboxylic acids is 1. The fourth-order valence-corrected chi connectivity index (χ4v) is 3.39. The maximum atomic E-state index is 11.3. The van der Waals surface area contributed by atoms with E-state index < -0.39 is 11.8 Å². The smallest absolute Gasteiger partial charge is 0.333 e. The van der Waals surface area contributed by atoms with Crippen LogP contribution >= 0.6 is 0 Å². The minimum atomic E-state index is -0.911. The molecule has 31 heavy (non-hydrogen) atoms. The molecular formula is C22H25N5O4. The van der Waals surface area contributed by atoms with Gasteiger partial charge in [-0.3, -0.25) is 5.43 Å². The van der Waals surface area contributed by atoms with Gasteiger partial charge in [-0.2, -0.15) is 0 Å². The molecule has 0 radical (unpaired) electrons. The van der Waals surface area contributed by atoms with E-state index in [1.165, 1.54) is 5.56 Å². The number of nitrogens with two attached hydrogens (primary N) is 1. The van der Waals surface area contributed by atoms with Crippen LogP contribution < -0.4 is 21.3 Å². The quantitative estimate of drug-likeness (QED) is 0.306. The lowest BCUT2D eigenvalue weighted by Gasteiger charge is -2.29. The fourth-order valence-electron chi connectivity index (χ4n) is 3.39. The second-order valence-electron chi connectivity index (χ2n) is 7.34. The summed E-state index contributed by atoms with van der Waals surface area (Å²) in [4.78, 5) is 15.4. The molecule has 1 aromatic heterocycles. The van der Waals surface area contributed by atoms with Gasteiger partial charge in [0.25, 0.3) is 0 Å². The Bertz CT molecular complexity index is 992. The molecule has 2 unspecified atom stereocenters. The van der Waals surface area contributed by atoms with Gasteiger partial charge in [-0.15, -0.1) is 0 Å². The lowest BCUT2D eigenvalue weighted by Crippen LogP contribution is -2.34. The van der Waals surface area contributed by atoms with E-state index in [9.17, 15) is 4.79 Å². The van der Waals surface area contributed by atoms with E-state index in [1.807, 2.05) is 47.4 Å². The highest BCUT2D eigenvalue weighted by Gasteiger charge is 2.44. The molecule has 2 aromatic carbocycles. The Hall–Kier alpha value is -3.40. The van der Waals surface area contributed by atoms with Crippen molar-refractivity contribution in [1.29, 1.82) is 0 Å². The third-order valence-corrected chi connectivity index (χ3v) is 4.98. The second kappa shape index (κ2) is 9.17. The van der Waals surface area contributed by atoms with Crippen molar-refractivity contribution in [3.05, 3.63) is 78.4 Å². The number of imidazole rings is 1. The van der Waals surface area contributed by atoms with Crippen LogP contribution in [0.25, 0.3) is 0 Å². The largest absolute Gasteiger partial charge is 0.491 e. The van der Waals surface area contributed by atoms with E-state index in [-0.39, 0.29) is 6.10 Å². The Morgan fingerprint density at radius 3 is 2.71 bits per heavy atom. The molecule has 4 N–H and O–H groups in total. The number of nitrogens with one attached hydrogen (secondary N) is 2. The molecule has 1 aliphatic rings. The van der Waals surface area contributed by atoms with Crippen molar-refractivity contribution in [2.75, 3.05) is 18.5 Å². The van der Waals surface area contributed by atoms with Crippen molar-refractivity contribution in [2.24, 2.45) is 5.84 Å². The summed E-state index contributed by atoms with van der Waals surface area (Å²) in [6.07, 6.45) is 5.11. The second-order valence-corrected chi connectivity index (χ2v) is 7.34. The van der Waals surface area contributed by atoms with Crippen LogP contribution in [-0.2, 0) is 21.8 Å². The van der Waals surface area contributed by atoms with E-state index >= 15 is 0 Å². The molecular weight excluding hydrogens is 398 g/mol. The van der Waals surface area contributed by atoms with Gasteiger partial charge in [0.05, 0.1) is 19.5 Å². The lowest BCUT2D eigenvalue weighted by molar-refractivity contribution is -0.189. The first-order valence-corrected chi connectivity index (χ1v) is 9.91.